The van der Waals surface area contributed by atoms with Crippen LogP contribution in [0.4, 0.5) is 0 Å². The second-order valence-electron chi connectivity index (χ2n) is 28.0. The number of rotatable bonds is 77. The normalized spacial score (nSPS) is 14.2. The lowest BCUT2D eigenvalue weighted by Crippen LogP contribution is -2.30. The van der Waals surface area contributed by atoms with Gasteiger partial charge in [0.2, 0.25) is 0 Å². The molecule has 0 fully saturated rings. The zero-order valence-electron chi connectivity index (χ0n) is 62.5. The Balaban J connectivity index is 5.19. The van der Waals surface area contributed by atoms with E-state index in [1.165, 1.54) is 231 Å². The van der Waals surface area contributed by atoms with E-state index in [2.05, 4.69) is 34.6 Å². The number of ether oxygens (including phenoxy) is 4. The van der Waals surface area contributed by atoms with Crippen molar-refractivity contribution in [2.45, 2.75) is 425 Å². The van der Waals surface area contributed by atoms with Crippen LogP contribution in [0.1, 0.15) is 407 Å². The van der Waals surface area contributed by atoms with Crippen molar-refractivity contribution in [3.8, 4) is 0 Å². The van der Waals surface area contributed by atoms with Crippen LogP contribution in [-0.2, 0) is 65.4 Å². The van der Waals surface area contributed by atoms with Gasteiger partial charge < -0.3 is 33.8 Å². The number of carbonyl (C=O) groups excluding carboxylic acids is 4. The first-order chi connectivity index (χ1) is 46.6. The van der Waals surface area contributed by atoms with Crippen LogP contribution >= 0.6 is 15.6 Å². The summed E-state index contributed by atoms with van der Waals surface area (Å²) in [5.41, 5.74) is 0. The zero-order chi connectivity index (χ0) is 70.5. The molecule has 17 nitrogen and oxygen atoms in total. The average Bonchev–Trinajstić information content (AvgIpc) is 1.14. The topological polar surface area (TPSA) is 237 Å². The van der Waals surface area contributed by atoms with Gasteiger partial charge in [0.15, 0.2) is 12.2 Å². The first-order valence-electron chi connectivity index (χ1n) is 40.2. The van der Waals surface area contributed by atoms with Crippen molar-refractivity contribution in [1.29, 1.82) is 0 Å². The van der Waals surface area contributed by atoms with E-state index in [0.29, 0.717) is 25.7 Å². The Labute approximate surface area is 588 Å². The molecule has 0 aromatic rings. The smallest absolute Gasteiger partial charge is 0.462 e. The molecule has 96 heavy (non-hydrogen) atoms. The van der Waals surface area contributed by atoms with Crippen LogP contribution in [0.5, 0.6) is 0 Å². The second-order valence-corrected chi connectivity index (χ2v) is 30.9. The molecule has 0 heterocycles. The number of phosphoric acid groups is 2. The van der Waals surface area contributed by atoms with Gasteiger partial charge in [-0.2, -0.15) is 0 Å². The van der Waals surface area contributed by atoms with Gasteiger partial charge in [0.1, 0.15) is 19.3 Å². The third-order valence-electron chi connectivity index (χ3n) is 18.4. The standard InChI is InChI=1S/C77H150O17P2/c1-6-10-13-16-19-22-25-27-29-30-31-32-33-34-36-38-40-43-46-52-57-62-76(81)93-72(66-87-75(80)61-56-51-45-42-39-37-35-28-26-23-20-17-14-11-7-2)68-91-95(83,84)89-64-71(78)65-90-96(85,86)92-69-73(94-77(82)63-58-53-48-47-49-54-59-70(5)9-4)67-88-74(79)60-55-50-44-41-24-21-18-15-12-8-3/h70-73,78H,6-69H2,1-5H3,(H,83,84)(H,85,86)/t70?,71-,72-,73-/m1/s1. The zero-order valence-corrected chi connectivity index (χ0v) is 64.3. The molecule has 0 aliphatic carbocycles. The van der Waals surface area contributed by atoms with Crippen molar-refractivity contribution in [2.75, 3.05) is 39.6 Å². The van der Waals surface area contributed by atoms with Crippen LogP contribution in [-0.4, -0.2) is 96.7 Å². The van der Waals surface area contributed by atoms with Crippen LogP contribution in [0.3, 0.4) is 0 Å². The fraction of sp³-hybridized carbons (Fsp3) is 0.948. The van der Waals surface area contributed by atoms with E-state index in [-0.39, 0.29) is 25.7 Å². The molecule has 0 radical (unpaired) electrons. The quantitative estimate of drug-likeness (QED) is 0.0222. The minimum absolute atomic E-state index is 0.104. The van der Waals surface area contributed by atoms with Crippen molar-refractivity contribution < 1.29 is 80.2 Å². The Morgan fingerprint density at radius 1 is 0.292 bits per heavy atom. The Hall–Kier alpha value is -1.94. The molecule has 0 rings (SSSR count). The maximum absolute atomic E-state index is 13.1. The van der Waals surface area contributed by atoms with E-state index >= 15 is 0 Å². The van der Waals surface area contributed by atoms with E-state index in [0.717, 1.165) is 95.8 Å². The molecular formula is C77H150O17P2. The maximum atomic E-state index is 13.1. The van der Waals surface area contributed by atoms with Gasteiger partial charge in [-0.05, 0) is 31.6 Å². The van der Waals surface area contributed by atoms with Crippen LogP contribution in [0.25, 0.3) is 0 Å². The minimum atomic E-state index is -4.96. The van der Waals surface area contributed by atoms with Gasteiger partial charge in [-0.25, -0.2) is 9.13 Å². The summed E-state index contributed by atoms with van der Waals surface area (Å²) in [6.07, 6.45) is 59.8. The highest BCUT2D eigenvalue weighted by atomic mass is 31.2. The van der Waals surface area contributed by atoms with Crippen LogP contribution in [0.15, 0.2) is 0 Å². The number of unbranched alkanes of at least 4 members (excludes halogenated alkanes) is 48. The Kier molecular flexibility index (Phi) is 68.7. The number of carbonyl (C=O) groups is 4. The van der Waals surface area contributed by atoms with Gasteiger partial charge in [0.05, 0.1) is 26.4 Å². The van der Waals surface area contributed by atoms with E-state index in [9.17, 15) is 43.2 Å². The first-order valence-corrected chi connectivity index (χ1v) is 43.2. The van der Waals surface area contributed by atoms with Crippen molar-refractivity contribution in [3.05, 3.63) is 0 Å². The monoisotopic (exact) mass is 1410 g/mol. The lowest BCUT2D eigenvalue weighted by molar-refractivity contribution is -0.161. The second kappa shape index (κ2) is 70.1. The van der Waals surface area contributed by atoms with Crippen molar-refractivity contribution >= 4 is 39.5 Å². The van der Waals surface area contributed by atoms with E-state index < -0.39 is 97.5 Å². The molecule has 0 bridgehead atoms. The fourth-order valence-corrected chi connectivity index (χ4v) is 13.4. The Morgan fingerprint density at radius 2 is 0.500 bits per heavy atom. The van der Waals surface area contributed by atoms with Crippen molar-refractivity contribution in [2.24, 2.45) is 5.92 Å². The van der Waals surface area contributed by atoms with Gasteiger partial charge in [0, 0.05) is 25.7 Å². The molecule has 0 amide bonds. The van der Waals surface area contributed by atoms with E-state index in [4.69, 9.17) is 37.0 Å². The molecular weight excluding hydrogens is 1260 g/mol. The number of hydrogen-bond acceptors (Lipinski definition) is 15. The largest absolute Gasteiger partial charge is 0.472 e. The molecule has 0 aromatic carbocycles. The average molecular weight is 1410 g/mol. The summed E-state index contributed by atoms with van der Waals surface area (Å²) in [6.45, 7) is 7.24. The molecule has 6 atom stereocenters. The van der Waals surface area contributed by atoms with Crippen molar-refractivity contribution in [1.82, 2.24) is 0 Å². The molecule has 570 valence electrons. The highest BCUT2D eigenvalue weighted by Gasteiger charge is 2.30. The lowest BCUT2D eigenvalue weighted by atomic mass is 10.00. The summed E-state index contributed by atoms with van der Waals surface area (Å²) >= 11 is 0. The van der Waals surface area contributed by atoms with Gasteiger partial charge in [0.25, 0.3) is 0 Å². The molecule has 0 saturated carbocycles. The summed E-state index contributed by atoms with van der Waals surface area (Å²) in [4.78, 5) is 72.8. The Morgan fingerprint density at radius 3 is 0.740 bits per heavy atom. The summed E-state index contributed by atoms with van der Waals surface area (Å²) in [6, 6.07) is 0. The lowest BCUT2D eigenvalue weighted by Gasteiger charge is -2.21. The number of esters is 4. The van der Waals surface area contributed by atoms with E-state index in [1.807, 2.05) is 0 Å². The third-order valence-corrected chi connectivity index (χ3v) is 20.3. The number of phosphoric ester groups is 2. The predicted molar refractivity (Wildman–Crippen MR) is 391 cm³/mol. The molecule has 3 unspecified atom stereocenters. The molecule has 0 saturated heterocycles. The minimum Gasteiger partial charge on any atom is -0.462 e. The highest BCUT2D eigenvalue weighted by molar-refractivity contribution is 7.47. The molecule has 0 aromatic heterocycles. The van der Waals surface area contributed by atoms with Gasteiger partial charge in [-0.3, -0.25) is 37.3 Å². The molecule has 3 N–H and O–H groups in total. The highest BCUT2D eigenvalue weighted by Crippen LogP contribution is 2.45. The molecule has 19 heteroatoms. The summed E-state index contributed by atoms with van der Waals surface area (Å²) < 4.78 is 68.5. The number of aliphatic hydroxyl groups excluding tert-OH is 1. The SMILES string of the molecule is CCCCCCCCCCCCCCCCCCCCCCCC(=O)O[C@H](COC(=O)CCCCCCCCCCCCCCCCC)COP(=O)(O)OC[C@@H](O)COP(=O)(O)OC[C@@H](COC(=O)CCCCCCCCCCCC)OC(=O)CCCCCCCCC(C)CC. The molecule has 0 aliphatic heterocycles. The first kappa shape index (κ1) is 94.1. The summed E-state index contributed by atoms with van der Waals surface area (Å²) in [5.74, 6) is -1.40. The van der Waals surface area contributed by atoms with E-state index in [1.54, 1.807) is 0 Å². The van der Waals surface area contributed by atoms with Gasteiger partial charge in [-0.15, -0.1) is 0 Å². The molecule has 0 aliphatic rings. The molecule has 0 spiro atoms. The Bertz CT molecular complexity index is 1840. The predicted octanol–water partition coefficient (Wildman–Crippen LogP) is 22.9. The van der Waals surface area contributed by atoms with Gasteiger partial charge >= 0.3 is 39.5 Å². The fourth-order valence-electron chi connectivity index (χ4n) is 11.8. The summed E-state index contributed by atoms with van der Waals surface area (Å²) in [5, 5.41) is 10.6. The maximum Gasteiger partial charge on any atom is 0.472 e. The number of hydrogen-bond donors (Lipinski definition) is 3. The van der Waals surface area contributed by atoms with Gasteiger partial charge in [-0.1, -0.05) is 356 Å². The third kappa shape index (κ3) is 69.2. The summed E-state index contributed by atoms with van der Waals surface area (Å²) in [7, 11) is -9.91. The van der Waals surface area contributed by atoms with Crippen LogP contribution in [0, 0.1) is 5.92 Å². The van der Waals surface area contributed by atoms with Crippen LogP contribution < -0.4 is 0 Å². The van der Waals surface area contributed by atoms with Crippen molar-refractivity contribution in [3.63, 3.8) is 0 Å². The van der Waals surface area contributed by atoms with Crippen LogP contribution in [0.2, 0.25) is 0 Å². The number of aliphatic hydroxyl groups is 1.